The zero-order valence-electron chi connectivity index (χ0n) is 13.5. The van der Waals surface area contributed by atoms with Crippen LogP contribution in [0.4, 0.5) is 10.1 Å². The highest BCUT2D eigenvalue weighted by Gasteiger charge is 2.13. The summed E-state index contributed by atoms with van der Waals surface area (Å²) in [5, 5.41) is 12.0. The number of hydrogen-bond donors (Lipinski definition) is 2. The second-order valence-corrected chi connectivity index (χ2v) is 5.31. The predicted octanol–water partition coefficient (Wildman–Crippen LogP) is 3.84. The second-order valence-electron chi connectivity index (χ2n) is 5.31. The normalized spacial score (nSPS) is 10.5. The first-order chi connectivity index (χ1) is 12.1. The minimum atomic E-state index is -0.428. The first-order valence-corrected chi connectivity index (χ1v) is 7.55. The molecule has 0 saturated heterocycles. The minimum absolute atomic E-state index is 0.126. The van der Waals surface area contributed by atoms with Gasteiger partial charge in [0, 0.05) is 16.8 Å². The average molecular weight is 341 g/mol. The van der Waals surface area contributed by atoms with Crippen LogP contribution in [-0.4, -0.2) is 18.1 Å². The van der Waals surface area contributed by atoms with Crippen LogP contribution in [-0.2, 0) is 6.61 Å². The van der Waals surface area contributed by atoms with E-state index in [-0.39, 0.29) is 18.2 Å². The molecule has 0 fully saturated rings. The van der Waals surface area contributed by atoms with Crippen molar-refractivity contribution in [1.29, 1.82) is 0 Å². The van der Waals surface area contributed by atoms with Gasteiger partial charge in [0.15, 0.2) is 5.76 Å². The molecule has 2 aromatic carbocycles. The van der Waals surface area contributed by atoms with Gasteiger partial charge in [-0.2, -0.15) is 0 Å². The van der Waals surface area contributed by atoms with Gasteiger partial charge in [-0.15, -0.1) is 0 Å². The first kappa shape index (κ1) is 16.7. The topological polar surface area (TPSA) is 71.7 Å². The molecule has 128 valence electrons. The van der Waals surface area contributed by atoms with Gasteiger partial charge in [-0.05, 0) is 54.6 Å². The molecule has 3 rings (SSSR count). The van der Waals surface area contributed by atoms with Crippen molar-refractivity contribution in [3.8, 4) is 17.1 Å². The Bertz CT molecular complexity index is 887. The molecule has 0 bridgehead atoms. The Kier molecular flexibility index (Phi) is 4.81. The lowest BCUT2D eigenvalue weighted by Gasteiger charge is -2.09. The lowest BCUT2D eigenvalue weighted by atomic mass is 10.2. The molecule has 0 radical (unpaired) electrons. The lowest BCUT2D eigenvalue weighted by Crippen LogP contribution is -2.11. The summed E-state index contributed by atoms with van der Waals surface area (Å²) >= 11 is 0. The monoisotopic (exact) mass is 341 g/mol. The fourth-order valence-corrected chi connectivity index (χ4v) is 2.40. The number of nitrogens with one attached hydrogen (secondary N) is 1. The van der Waals surface area contributed by atoms with E-state index in [0.717, 1.165) is 0 Å². The fraction of sp³-hybridized carbons (Fsp3) is 0.105. The van der Waals surface area contributed by atoms with Gasteiger partial charge in [-0.25, -0.2) is 4.39 Å². The Labute approximate surface area is 143 Å². The fourth-order valence-electron chi connectivity index (χ4n) is 2.40. The molecule has 25 heavy (non-hydrogen) atoms. The standard InChI is InChI=1S/C19H16FNO4/c1-24-16-7-6-15(10-13(16)11-22)21-19(23)18-9-8-17(25-18)12-2-4-14(20)5-3-12/h2-10,22H,11H2,1H3,(H,21,23). The van der Waals surface area contributed by atoms with Crippen molar-refractivity contribution >= 4 is 11.6 Å². The molecular weight excluding hydrogens is 325 g/mol. The van der Waals surface area contributed by atoms with Crippen molar-refractivity contribution in [1.82, 2.24) is 0 Å². The molecule has 3 aromatic rings. The Morgan fingerprint density at radius 2 is 1.92 bits per heavy atom. The molecule has 1 aromatic heterocycles. The van der Waals surface area contributed by atoms with E-state index in [0.29, 0.717) is 28.3 Å². The van der Waals surface area contributed by atoms with Crippen LogP contribution in [0, 0.1) is 5.82 Å². The summed E-state index contributed by atoms with van der Waals surface area (Å²) in [5.74, 6) is 0.364. The van der Waals surface area contributed by atoms with Crippen LogP contribution in [0.3, 0.4) is 0 Å². The van der Waals surface area contributed by atoms with Gasteiger partial charge in [0.2, 0.25) is 0 Å². The number of amides is 1. The number of halogens is 1. The van der Waals surface area contributed by atoms with Crippen LogP contribution in [0.15, 0.2) is 59.0 Å². The van der Waals surface area contributed by atoms with E-state index in [4.69, 9.17) is 9.15 Å². The van der Waals surface area contributed by atoms with Crippen LogP contribution in [0.5, 0.6) is 5.75 Å². The quantitative estimate of drug-likeness (QED) is 0.740. The van der Waals surface area contributed by atoms with Crippen LogP contribution in [0.2, 0.25) is 0 Å². The Morgan fingerprint density at radius 1 is 1.16 bits per heavy atom. The summed E-state index contributed by atoms with van der Waals surface area (Å²) in [7, 11) is 1.51. The van der Waals surface area contributed by atoms with E-state index in [1.165, 1.54) is 19.2 Å². The van der Waals surface area contributed by atoms with Gasteiger partial charge in [-0.3, -0.25) is 4.79 Å². The van der Waals surface area contributed by atoms with Crippen LogP contribution < -0.4 is 10.1 Å². The molecule has 0 aliphatic heterocycles. The molecule has 6 heteroatoms. The van der Waals surface area contributed by atoms with E-state index < -0.39 is 5.91 Å². The second kappa shape index (κ2) is 7.19. The van der Waals surface area contributed by atoms with Crippen molar-refractivity contribution in [3.05, 3.63) is 71.7 Å². The van der Waals surface area contributed by atoms with E-state index in [1.54, 1.807) is 42.5 Å². The van der Waals surface area contributed by atoms with Gasteiger partial charge in [0.25, 0.3) is 5.91 Å². The van der Waals surface area contributed by atoms with Gasteiger partial charge in [0.1, 0.15) is 17.3 Å². The molecule has 0 aliphatic rings. The summed E-state index contributed by atoms with van der Waals surface area (Å²) in [6.45, 7) is -0.206. The number of rotatable bonds is 5. The number of aliphatic hydroxyl groups is 1. The minimum Gasteiger partial charge on any atom is -0.496 e. The van der Waals surface area contributed by atoms with Crippen molar-refractivity contribution in [2.24, 2.45) is 0 Å². The smallest absolute Gasteiger partial charge is 0.291 e. The summed E-state index contributed by atoms with van der Waals surface area (Å²) in [4.78, 5) is 12.3. The maximum atomic E-state index is 13.0. The zero-order chi connectivity index (χ0) is 17.8. The van der Waals surface area contributed by atoms with E-state index in [2.05, 4.69) is 5.32 Å². The van der Waals surface area contributed by atoms with Crippen LogP contribution in [0.1, 0.15) is 16.1 Å². The number of anilines is 1. The van der Waals surface area contributed by atoms with Gasteiger partial charge >= 0.3 is 0 Å². The van der Waals surface area contributed by atoms with Gasteiger partial charge < -0.3 is 19.6 Å². The lowest BCUT2D eigenvalue weighted by molar-refractivity contribution is 0.0997. The van der Waals surface area contributed by atoms with Gasteiger partial charge in [-0.1, -0.05) is 0 Å². The molecule has 1 heterocycles. The number of aliphatic hydroxyl groups excluding tert-OH is 1. The van der Waals surface area contributed by atoms with Gasteiger partial charge in [0.05, 0.1) is 13.7 Å². The highest BCUT2D eigenvalue weighted by Crippen LogP contribution is 2.25. The maximum absolute atomic E-state index is 13.0. The number of furan rings is 1. The summed E-state index contributed by atoms with van der Waals surface area (Å²) in [6, 6.07) is 13.9. The van der Waals surface area contributed by atoms with E-state index in [9.17, 15) is 14.3 Å². The SMILES string of the molecule is COc1ccc(NC(=O)c2ccc(-c3ccc(F)cc3)o2)cc1CO. The highest BCUT2D eigenvalue weighted by molar-refractivity contribution is 6.02. The number of hydrogen-bond acceptors (Lipinski definition) is 4. The summed E-state index contributed by atoms with van der Waals surface area (Å²) in [5.41, 5.74) is 1.74. The molecule has 0 saturated carbocycles. The average Bonchev–Trinajstić information content (AvgIpc) is 3.12. The van der Waals surface area contributed by atoms with Crippen molar-refractivity contribution in [2.45, 2.75) is 6.61 Å². The van der Waals surface area contributed by atoms with E-state index in [1.807, 2.05) is 0 Å². The maximum Gasteiger partial charge on any atom is 0.291 e. The molecule has 2 N–H and O–H groups in total. The Balaban J connectivity index is 1.77. The third-order valence-corrected chi connectivity index (χ3v) is 3.67. The van der Waals surface area contributed by atoms with Crippen LogP contribution >= 0.6 is 0 Å². The molecular formula is C19H16FNO4. The third kappa shape index (κ3) is 3.70. The number of methoxy groups -OCH3 is 1. The Hall–Kier alpha value is -3.12. The predicted molar refractivity (Wildman–Crippen MR) is 91.0 cm³/mol. The number of ether oxygens (including phenoxy) is 1. The highest BCUT2D eigenvalue weighted by atomic mass is 19.1. The number of carbonyl (C=O) groups excluding carboxylic acids is 1. The Morgan fingerprint density at radius 3 is 2.60 bits per heavy atom. The number of carbonyl (C=O) groups is 1. The summed E-state index contributed by atoms with van der Waals surface area (Å²) in [6.07, 6.45) is 0. The number of benzene rings is 2. The molecule has 5 nitrogen and oxygen atoms in total. The van der Waals surface area contributed by atoms with Crippen molar-refractivity contribution in [2.75, 3.05) is 12.4 Å². The van der Waals surface area contributed by atoms with Crippen LogP contribution in [0.25, 0.3) is 11.3 Å². The molecule has 0 unspecified atom stereocenters. The largest absolute Gasteiger partial charge is 0.496 e. The third-order valence-electron chi connectivity index (χ3n) is 3.67. The molecule has 1 amide bonds. The summed E-state index contributed by atoms with van der Waals surface area (Å²) < 4.78 is 23.6. The molecule has 0 aliphatic carbocycles. The zero-order valence-corrected chi connectivity index (χ0v) is 13.5. The first-order valence-electron chi connectivity index (χ1n) is 7.55. The molecule has 0 spiro atoms. The van der Waals surface area contributed by atoms with Crippen molar-refractivity contribution in [3.63, 3.8) is 0 Å². The van der Waals surface area contributed by atoms with Crippen molar-refractivity contribution < 1.29 is 23.4 Å². The molecule has 0 atom stereocenters. The van der Waals surface area contributed by atoms with E-state index >= 15 is 0 Å².